The molecule has 0 aromatic carbocycles. The molecule has 0 aliphatic carbocycles. The minimum absolute atomic E-state index is 1.06. The summed E-state index contributed by atoms with van der Waals surface area (Å²) in [5.41, 5.74) is 3.55. The van der Waals surface area contributed by atoms with Crippen LogP contribution in [-0.4, -0.2) is 12.0 Å². The van der Waals surface area contributed by atoms with Crippen molar-refractivity contribution < 1.29 is 0 Å². The first-order valence-electron chi connectivity index (χ1n) is 3.91. The average molecular weight is 150 g/mol. The van der Waals surface area contributed by atoms with E-state index in [0.29, 0.717) is 0 Å². The Kier molecular flexibility index (Phi) is 2.47. The van der Waals surface area contributed by atoms with Crippen molar-refractivity contribution >= 4 is 5.69 Å². The molecule has 11 heavy (non-hydrogen) atoms. The molecule has 2 nitrogen and oxygen atoms in total. The lowest BCUT2D eigenvalue weighted by Gasteiger charge is -2.06. The van der Waals surface area contributed by atoms with Crippen LogP contribution in [0.2, 0.25) is 0 Å². The van der Waals surface area contributed by atoms with E-state index in [1.807, 2.05) is 20.2 Å². The number of hydrogen-bond acceptors (Lipinski definition) is 2. The van der Waals surface area contributed by atoms with Crippen molar-refractivity contribution in [1.82, 2.24) is 4.98 Å². The van der Waals surface area contributed by atoms with E-state index in [0.717, 1.165) is 17.8 Å². The van der Waals surface area contributed by atoms with Gasteiger partial charge in [-0.05, 0) is 25.0 Å². The molecular formula is C9H14N2. The summed E-state index contributed by atoms with van der Waals surface area (Å²) in [6, 6.07) is 2.12. The lowest BCUT2D eigenvalue weighted by molar-refractivity contribution is 1.09. The second-order valence-corrected chi connectivity index (χ2v) is 2.59. The van der Waals surface area contributed by atoms with Gasteiger partial charge >= 0.3 is 0 Å². The molecule has 0 unspecified atom stereocenters. The molecule has 1 N–H and O–H groups in total. The fourth-order valence-corrected chi connectivity index (χ4v) is 1.13. The molecule has 1 aromatic heterocycles. The van der Waals surface area contributed by atoms with Crippen LogP contribution in [-0.2, 0) is 6.42 Å². The first-order chi connectivity index (χ1) is 5.27. The van der Waals surface area contributed by atoms with Crippen LogP contribution in [0.3, 0.4) is 0 Å². The molecule has 0 spiro atoms. The van der Waals surface area contributed by atoms with Gasteiger partial charge in [-0.2, -0.15) is 0 Å². The highest BCUT2D eigenvalue weighted by Crippen LogP contribution is 2.14. The van der Waals surface area contributed by atoms with Gasteiger partial charge < -0.3 is 5.32 Å². The first kappa shape index (κ1) is 8.05. The predicted octanol–water partition coefficient (Wildman–Crippen LogP) is 1.99. The van der Waals surface area contributed by atoms with E-state index < -0.39 is 0 Å². The van der Waals surface area contributed by atoms with Gasteiger partial charge in [0.2, 0.25) is 0 Å². The highest BCUT2D eigenvalue weighted by molar-refractivity contribution is 5.49. The summed E-state index contributed by atoms with van der Waals surface area (Å²) in [5.74, 6) is 0. The number of rotatable bonds is 2. The monoisotopic (exact) mass is 150 g/mol. The lowest BCUT2D eigenvalue weighted by atomic mass is 10.1. The topological polar surface area (TPSA) is 24.9 Å². The first-order valence-corrected chi connectivity index (χ1v) is 3.91. The highest BCUT2D eigenvalue weighted by Gasteiger charge is 1.97. The van der Waals surface area contributed by atoms with Crippen LogP contribution < -0.4 is 5.32 Å². The number of hydrogen-bond donors (Lipinski definition) is 1. The maximum atomic E-state index is 4.20. The van der Waals surface area contributed by atoms with Gasteiger partial charge in [-0.1, -0.05) is 6.92 Å². The Labute approximate surface area is 67.7 Å². The minimum Gasteiger partial charge on any atom is -0.387 e. The van der Waals surface area contributed by atoms with E-state index in [9.17, 15) is 0 Å². The van der Waals surface area contributed by atoms with Crippen LogP contribution in [0.1, 0.15) is 18.2 Å². The summed E-state index contributed by atoms with van der Waals surface area (Å²) in [6.07, 6.45) is 2.94. The molecule has 2 heteroatoms. The molecule has 0 radical (unpaired) electrons. The molecule has 1 aromatic rings. The molecule has 0 saturated heterocycles. The van der Waals surface area contributed by atoms with Crippen molar-refractivity contribution in [2.45, 2.75) is 20.3 Å². The van der Waals surface area contributed by atoms with Crippen molar-refractivity contribution in [3.63, 3.8) is 0 Å². The second-order valence-electron chi connectivity index (χ2n) is 2.59. The van der Waals surface area contributed by atoms with Crippen molar-refractivity contribution in [2.24, 2.45) is 0 Å². The number of aromatic nitrogens is 1. The van der Waals surface area contributed by atoms with Gasteiger partial charge in [0.25, 0.3) is 0 Å². The van der Waals surface area contributed by atoms with Crippen molar-refractivity contribution in [3.8, 4) is 0 Å². The van der Waals surface area contributed by atoms with Crippen LogP contribution in [0.15, 0.2) is 12.3 Å². The molecule has 0 aliphatic heterocycles. The van der Waals surface area contributed by atoms with Crippen LogP contribution in [0.5, 0.6) is 0 Å². The SMILES string of the molecule is CCc1cc(C)ncc1NC. The molecule has 0 bridgehead atoms. The predicted molar refractivity (Wildman–Crippen MR) is 47.9 cm³/mol. The normalized spacial score (nSPS) is 9.73. The Bertz CT molecular complexity index is 243. The van der Waals surface area contributed by atoms with Gasteiger partial charge in [0.05, 0.1) is 11.9 Å². The van der Waals surface area contributed by atoms with Crippen LogP contribution >= 0.6 is 0 Å². The van der Waals surface area contributed by atoms with Gasteiger partial charge in [0.1, 0.15) is 0 Å². The van der Waals surface area contributed by atoms with E-state index >= 15 is 0 Å². The van der Waals surface area contributed by atoms with E-state index in [4.69, 9.17) is 0 Å². The number of pyridine rings is 1. The zero-order chi connectivity index (χ0) is 8.27. The smallest absolute Gasteiger partial charge is 0.0556 e. The Hall–Kier alpha value is -1.05. The van der Waals surface area contributed by atoms with Crippen LogP contribution in [0, 0.1) is 6.92 Å². The summed E-state index contributed by atoms with van der Waals surface area (Å²) in [7, 11) is 1.92. The summed E-state index contributed by atoms with van der Waals surface area (Å²) >= 11 is 0. The summed E-state index contributed by atoms with van der Waals surface area (Å²) in [5, 5.41) is 3.11. The molecule has 0 fully saturated rings. The van der Waals surface area contributed by atoms with Gasteiger partial charge in [-0.25, -0.2) is 0 Å². The van der Waals surface area contributed by atoms with E-state index in [-0.39, 0.29) is 0 Å². The van der Waals surface area contributed by atoms with E-state index in [2.05, 4.69) is 23.3 Å². The number of anilines is 1. The standard InChI is InChI=1S/C9H14N2/c1-4-8-5-7(2)11-6-9(8)10-3/h5-6,10H,4H2,1-3H3. The lowest BCUT2D eigenvalue weighted by Crippen LogP contribution is -1.96. The highest BCUT2D eigenvalue weighted by atomic mass is 14.8. The maximum absolute atomic E-state index is 4.20. The molecule has 0 atom stereocenters. The van der Waals surface area contributed by atoms with Gasteiger partial charge in [0.15, 0.2) is 0 Å². The third kappa shape index (κ3) is 1.70. The summed E-state index contributed by atoms with van der Waals surface area (Å²) < 4.78 is 0. The van der Waals surface area contributed by atoms with Gasteiger partial charge in [-0.15, -0.1) is 0 Å². The Morgan fingerprint density at radius 1 is 1.55 bits per heavy atom. The Balaban J connectivity index is 3.06. The third-order valence-electron chi connectivity index (χ3n) is 1.78. The fraction of sp³-hybridized carbons (Fsp3) is 0.444. The molecule has 0 saturated carbocycles. The molecule has 1 heterocycles. The van der Waals surface area contributed by atoms with E-state index in [1.54, 1.807) is 0 Å². The number of nitrogens with zero attached hydrogens (tertiary/aromatic N) is 1. The molecular weight excluding hydrogens is 136 g/mol. The Morgan fingerprint density at radius 2 is 2.27 bits per heavy atom. The van der Waals surface area contributed by atoms with Gasteiger partial charge in [-0.3, -0.25) is 4.98 Å². The summed E-state index contributed by atoms with van der Waals surface area (Å²) in [4.78, 5) is 4.20. The zero-order valence-electron chi connectivity index (χ0n) is 7.31. The average Bonchev–Trinajstić information content (AvgIpc) is 2.04. The molecule has 60 valence electrons. The fourth-order valence-electron chi connectivity index (χ4n) is 1.13. The molecule has 0 amide bonds. The van der Waals surface area contributed by atoms with Crippen molar-refractivity contribution in [3.05, 3.63) is 23.5 Å². The largest absolute Gasteiger partial charge is 0.387 e. The van der Waals surface area contributed by atoms with Crippen molar-refractivity contribution in [1.29, 1.82) is 0 Å². The Morgan fingerprint density at radius 3 is 2.82 bits per heavy atom. The summed E-state index contributed by atoms with van der Waals surface area (Å²) in [6.45, 7) is 4.16. The zero-order valence-corrected chi connectivity index (χ0v) is 7.31. The van der Waals surface area contributed by atoms with Crippen LogP contribution in [0.25, 0.3) is 0 Å². The third-order valence-corrected chi connectivity index (χ3v) is 1.78. The van der Waals surface area contributed by atoms with Crippen molar-refractivity contribution in [2.75, 3.05) is 12.4 Å². The maximum Gasteiger partial charge on any atom is 0.0556 e. The number of nitrogens with one attached hydrogen (secondary N) is 1. The van der Waals surface area contributed by atoms with E-state index in [1.165, 1.54) is 5.56 Å². The van der Waals surface area contributed by atoms with Crippen LogP contribution in [0.4, 0.5) is 5.69 Å². The second kappa shape index (κ2) is 3.37. The minimum atomic E-state index is 1.06. The molecule has 0 aliphatic rings. The number of aryl methyl sites for hydroxylation is 2. The molecule has 1 rings (SSSR count). The quantitative estimate of drug-likeness (QED) is 0.697. The van der Waals surface area contributed by atoms with Gasteiger partial charge in [0, 0.05) is 12.7 Å².